The van der Waals surface area contributed by atoms with E-state index < -0.39 is 5.97 Å². The lowest BCUT2D eigenvalue weighted by Crippen LogP contribution is -2.04. The van der Waals surface area contributed by atoms with Gasteiger partial charge in [-0.05, 0) is 43.7 Å². The molecule has 0 aliphatic heterocycles. The van der Waals surface area contributed by atoms with E-state index in [0.29, 0.717) is 19.4 Å². The zero-order valence-electron chi connectivity index (χ0n) is 18.6. The third kappa shape index (κ3) is 3.74. The van der Waals surface area contributed by atoms with E-state index in [1.165, 1.54) is 0 Å². The molecule has 3 N–H and O–H groups in total. The Morgan fingerprint density at radius 2 is 1.76 bits per heavy atom. The standard InChI is InChI=1S/C27H25N3O3/c1-16-24(17(2)30-29-16)22-12-6-11-20-21(26(27(31)32)28-25(20)22)13-7-15-33-23-14-5-9-18-8-3-4-10-19(18)23/h3-6,8-12,14,28H,7,13,15H2,1-2H3,(H,29,30)(H,31,32). The fourth-order valence-electron chi connectivity index (χ4n) is 4.62. The maximum atomic E-state index is 12.0. The summed E-state index contributed by atoms with van der Waals surface area (Å²) in [5, 5.41) is 20.3. The molecule has 2 aromatic heterocycles. The van der Waals surface area contributed by atoms with E-state index in [0.717, 1.165) is 55.5 Å². The molecule has 6 nitrogen and oxygen atoms in total. The number of ether oxygens (including phenoxy) is 1. The van der Waals surface area contributed by atoms with Crippen LogP contribution in [-0.4, -0.2) is 32.9 Å². The Kier molecular flexibility index (Phi) is 5.34. The first-order chi connectivity index (χ1) is 16.0. The van der Waals surface area contributed by atoms with Gasteiger partial charge in [0.2, 0.25) is 0 Å². The zero-order valence-corrected chi connectivity index (χ0v) is 18.6. The third-order valence-electron chi connectivity index (χ3n) is 6.13. The summed E-state index contributed by atoms with van der Waals surface area (Å²) >= 11 is 0. The van der Waals surface area contributed by atoms with E-state index in [9.17, 15) is 9.90 Å². The number of carboxylic acid groups (broad SMARTS) is 1. The summed E-state index contributed by atoms with van der Waals surface area (Å²) in [6.45, 7) is 4.42. The number of aromatic nitrogens is 3. The summed E-state index contributed by atoms with van der Waals surface area (Å²) in [6, 6.07) is 20.1. The van der Waals surface area contributed by atoms with Crippen molar-refractivity contribution in [3.05, 3.63) is 83.3 Å². The number of aromatic amines is 2. The smallest absolute Gasteiger partial charge is 0.352 e. The number of benzene rings is 3. The molecule has 5 rings (SSSR count). The molecule has 6 heteroatoms. The number of aryl methyl sites for hydroxylation is 3. The van der Waals surface area contributed by atoms with Crippen molar-refractivity contribution in [3.63, 3.8) is 0 Å². The number of rotatable bonds is 7. The topological polar surface area (TPSA) is 91.0 Å². The lowest BCUT2D eigenvalue weighted by atomic mass is 9.99. The van der Waals surface area contributed by atoms with Gasteiger partial charge in [-0.1, -0.05) is 54.6 Å². The second kappa shape index (κ2) is 8.47. The maximum Gasteiger partial charge on any atom is 0.352 e. The SMILES string of the molecule is Cc1n[nH]c(C)c1-c1cccc2c(CCCOc3cccc4ccccc34)c(C(=O)O)[nH]c12. The van der Waals surface area contributed by atoms with Gasteiger partial charge in [0.1, 0.15) is 11.4 Å². The molecule has 3 aromatic carbocycles. The van der Waals surface area contributed by atoms with Crippen LogP contribution in [0, 0.1) is 13.8 Å². The monoisotopic (exact) mass is 439 g/mol. The van der Waals surface area contributed by atoms with Crippen LogP contribution in [0.5, 0.6) is 5.75 Å². The molecule has 5 aromatic rings. The zero-order chi connectivity index (χ0) is 22.9. The molecule has 0 amide bonds. The van der Waals surface area contributed by atoms with Gasteiger partial charge in [-0.3, -0.25) is 5.10 Å². The predicted octanol–water partition coefficient (Wildman–Crippen LogP) is 6.04. The Morgan fingerprint density at radius 1 is 1.00 bits per heavy atom. The van der Waals surface area contributed by atoms with Crippen molar-refractivity contribution in [2.75, 3.05) is 6.61 Å². The van der Waals surface area contributed by atoms with E-state index in [2.05, 4.69) is 27.3 Å². The fourth-order valence-corrected chi connectivity index (χ4v) is 4.62. The highest BCUT2D eigenvalue weighted by Crippen LogP contribution is 2.35. The van der Waals surface area contributed by atoms with Crippen LogP contribution in [0.2, 0.25) is 0 Å². The Morgan fingerprint density at radius 3 is 2.55 bits per heavy atom. The van der Waals surface area contributed by atoms with Crippen LogP contribution in [0.1, 0.15) is 33.9 Å². The van der Waals surface area contributed by atoms with Gasteiger partial charge < -0.3 is 14.8 Å². The van der Waals surface area contributed by atoms with Crippen molar-refractivity contribution < 1.29 is 14.6 Å². The van der Waals surface area contributed by atoms with E-state index in [1.807, 2.05) is 62.4 Å². The molecule has 0 aliphatic rings. The lowest BCUT2D eigenvalue weighted by molar-refractivity contribution is 0.0690. The van der Waals surface area contributed by atoms with Gasteiger partial charge in [0.25, 0.3) is 0 Å². The molecule has 0 saturated carbocycles. The number of hydrogen-bond donors (Lipinski definition) is 3. The van der Waals surface area contributed by atoms with E-state index >= 15 is 0 Å². The van der Waals surface area contributed by atoms with Crippen LogP contribution in [0.25, 0.3) is 32.8 Å². The molecule has 0 fully saturated rings. The summed E-state index contributed by atoms with van der Waals surface area (Å²) in [4.78, 5) is 15.2. The Balaban J connectivity index is 1.42. The van der Waals surface area contributed by atoms with Gasteiger partial charge in [-0.15, -0.1) is 0 Å². The molecule has 2 heterocycles. The highest BCUT2D eigenvalue weighted by molar-refractivity contribution is 6.03. The molecule has 0 saturated heterocycles. The molecule has 166 valence electrons. The van der Waals surface area contributed by atoms with E-state index in [1.54, 1.807) is 0 Å². The number of para-hydroxylation sites is 1. The van der Waals surface area contributed by atoms with Gasteiger partial charge in [0, 0.05) is 27.6 Å². The predicted molar refractivity (Wildman–Crippen MR) is 130 cm³/mol. The number of H-pyrrole nitrogens is 2. The summed E-state index contributed by atoms with van der Waals surface area (Å²) in [5.41, 5.74) is 5.67. The number of carbonyl (C=O) groups is 1. The normalized spacial score (nSPS) is 11.3. The van der Waals surface area contributed by atoms with Crippen molar-refractivity contribution in [2.45, 2.75) is 26.7 Å². The molecular formula is C27H25N3O3. The molecule has 0 spiro atoms. The van der Waals surface area contributed by atoms with Crippen molar-refractivity contribution in [1.29, 1.82) is 0 Å². The average molecular weight is 440 g/mol. The molecule has 0 bridgehead atoms. The van der Waals surface area contributed by atoms with Crippen molar-refractivity contribution in [1.82, 2.24) is 15.2 Å². The minimum atomic E-state index is -0.956. The first kappa shape index (κ1) is 20.8. The van der Waals surface area contributed by atoms with Crippen LogP contribution in [0.15, 0.2) is 60.7 Å². The van der Waals surface area contributed by atoms with Crippen LogP contribution in [-0.2, 0) is 6.42 Å². The molecule has 0 unspecified atom stereocenters. The largest absolute Gasteiger partial charge is 0.493 e. The summed E-state index contributed by atoms with van der Waals surface area (Å²) in [7, 11) is 0. The van der Waals surface area contributed by atoms with Crippen LogP contribution < -0.4 is 4.74 Å². The van der Waals surface area contributed by atoms with Crippen LogP contribution in [0.4, 0.5) is 0 Å². The molecular weight excluding hydrogens is 414 g/mol. The minimum Gasteiger partial charge on any atom is -0.493 e. The Bertz CT molecular complexity index is 1450. The van der Waals surface area contributed by atoms with Gasteiger partial charge >= 0.3 is 5.97 Å². The second-order valence-electron chi connectivity index (χ2n) is 8.25. The molecule has 0 radical (unpaired) electrons. The van der Waals surface area contributed by atoms with Crippen molar-refractivity contribution >= 4 is 27.6 Å². The number of nitrogens with one attached hydrogen (secondary N) is 2. The van der Waals surface area contributed by atoms with Gasteiger partial charge in [-0.2, -0.15) is 5.10 Å². The van der Waals surface area contributed by atoms with Crippen LogP contribution >= 0.6 is 0 Å². The number of carboxylic acids is 1. The molecule has 33 heavy (non-hydrogen) atoms. The maximum absolute atomic E-state index is 12.0. The highest BCUT2D eigenvalue weighted by atomic mass is 16.5. The fraction of sp³-hybridized carbons (Fsp3) is 0.185. The Labute approximate surface area is 191 Å². The van der Waals surface area contributed by atoms with Gasteiger partial charge in [-0.25, -0.2) is 4.79 Å². The molecule has 0 aliphatic carbocycles. The first-order valence-corrected chi connectivity index (χ1v) is 11.0. The number of aromatic carboxylic acids is 1. The van der Waals surface area contributed by atoms with E-state index in [-0.39, 0.29) is 5.69 Å². The quantitative estimate of drug-likeness (QED) is 0.270. The third-order valence-corrected chi connectivity index (χ3v) is 6.13. The summed E-state index contributed by atoms with van der Waals surface area (Å²) in [6.07, 6.45) is 1.30. The number of nitrogens with zero attached hydrogens (tertiary/aromatic N) is 1. The number of fused-ring (bicyclic) bond motifs is 2. The average Bonchev–Trinajstić information content (AvgIpc) is 3.36. The summed E-state index contributed by atoms with van der Waals surface area (Å²) in [5.74, 6) is -0.110. The Hall–Kier alpha value is -4.06. The van der Waals surface area contributed by atoms with Gasteiger partial charge in [0.15, 0.2) is 0 Å². The summed E-state index contributed by atoms with van der Waals surface area (Å²) < 4.78 is 6.07. The lowest BCUT2D eigenvalue weighted by Gasteiger charge is -2.09. The first-order valence-electron chi connectivity index (χ1n) is 11.0. The molecule has 0 atom stereocenters. The van der Waals surface area contributed by atoms with Crippen LogP contribution in [0.3, 0.4) is 0 Å². The highest BCUT2D eigenvalue weighted by Gasteiger charge is 2.21. The second-order valence-corrected chi connectivity index (χ2v) is 8.25. The van der Waals surface area contributed by atoms with E-state index in [4.69, 9.17) is 4.74 Å². The van der Waals surface area contributed by atoms with Gasteiger partial charge in [0.05, 0.1) is 17.8 Å². The van der Waals surface area contributed by atoms with Crippen molar-refractivity contribution in [2.24, 2.45) is 0 Å². The minimum absolute atomic E-state index is 0.237. The number of hydrogen-bond acceptors (Lipinski definition) is 3. The van der Waals surface area contributed by atoms with Crippen molar-refractivity contribution in [3.8, 4) is 16.9 Å².